The fourth-order valence-electron chi connectivity index (χ4n) is 2.88. The molecule has 1 aliphatic heterocycles. The molecule has 1 aromatic rings. The second kappa shape index (κ2) is 5.95. The summed E-state index contributed by atoms with van der Waals surface area (Å²) in [5, 5.41) is 30.1. The summed E-state index contributed by atoms with van der Waals surface area (Å²) in [5.74, 6) is -2.31. The molecule has 0 unspecified atom stereocenters. The number of hydrogen-bond acceptors (Lipinski definition) is 5. The summed E-state index contributed by atoms with van der Waals surface area (Å²) in [5.41, 5.74) is -1.49. The van der Waals surface area contributed by atoms with Crippen LogP contribution in [-0.4, -0.2) is 32.7 Å². The van der Waals surface area contributed by atoms with Gasteiger partial charge in [-0.25, -0.2) is 4.79 Å². The molecule has 0 aliphatic carbocycles. The third-order valence-corrected chi connectivity index (χ3v) is 4.23. The van der Waals surface area contributed by atoms with E-state index in [0.29, 0.717) is 0 Å². The number of carbonyl (C=O) groups excluding carboxylic acids is 1. The van der Waals surface area contributed by atoms with Crippen molar-refractivity contribution in [2.45, 2.75) is 45.1 Å². The van der Waals surface area contributed by atoms with Crippen LogP contribution in [0.25, 0.3) is 6.08 Å². The predicted octanol–water partition coefficient (Wildman–Crippen LogP) is 3.40. The quantitative estimate of drug-likeness (QED) is 0.570. The lowest BCUT2D eigenvalue weighted by molar-refractivity contribution is -0.131. The van der Waals surface area contributed by atoms with Gasteiger partial charge in [0.1, 0.15) is 28.4 Å². The Morgan fingerprint density at radius 3 is 2.40 bits per heavy atom. The molecule has 0 bridgehead atoms. The zero-order valence-corrected chi connectivity index (χ0v) is 14.7. The standard InChI is InChI=1S/C19H22O6/c1-6-18(2,3)14-16(24)10(7-8-12(21)22)15(23)13-11(20)9-19(4,5)25-17(13)14/h6-8,23-24H,1,9H2,2-5H3,(H,21,22)/b8-7+. The monoisotopic (exact) mass is 346 g/mol. The van der Waals surface area contributed by atoms with Gasteiger partial charge < -0.3 is 20.1 Å². The van der Waals surface area contributed by atoms with Gasteiger partial charge in [-0.1, -0.05) is 19.9 Å². The summed E-state index contributed by atoms with van der Waals surface area (Å²) >= 11 is 0. The van der Waals surface area contributed by atoms with E-state index in [1.807, 2.05) is 0 Å². The van der Waals surface area contributed by atoms with Crippen molar-refractivity contribution in [1.82, 2.24) is 0 Å². The van der Waals surface area contributed by atoms with Crippen LogP contribution >= 0.6 is 0 Å². The first-order valence-electron chi connectivity index (χ1n) is 7.80. The van der Waals surface area contributed by atoms with E-state index in [9.17, 15) is 19.8 Å². The number of carboxylic acid groups (broad SMARTS) is 1. The molecule has 25 heavy (non-hydrogen) atoms. The van der Waals surface area contributed by atoms with Gasteiger partial charge in [0, 0.05) is 17.1 Å². The molecule has 0 saturated carbocycles. The zero-order chi connectivity index (χ0) is 19.2. The molecular weight excluding hydrogens is 324 g/mol. The van der Waals surface area contributed by atoms with Gasteiger partial charge in [-0.05, 0) is 19.9 Å². The Kier molecular flexibility index (Phi) is 4.42. The third kappa shape index (κ3) is 3.24. The highest BCUT2D eigenvalue weighted by Crippen LogP contribution is 2.52. The van der Waals surface area contributed by atoms with Crippen LogP contribution < -0.4 is 4.74 Å². The molecule has 3 N–H and O–H groups in total. The highest BCUT2D eigenvalue weighted by Gasteiger charge is 2.41. The first-order chi connectivity index (χ1) is 11.4. The highest BCUT2D eigenvalue weighted by molar-refractivity contribution is 6.05. The zero-order valence-electron chi connectivity index (χ0n) is 14.7. The van der Waals surface area contributed by atoms with Crippen LogP contribution in [0.3, 0.4) is 0 Å². The average Bonchev–Trinajstić information content (AvgIpc) is 2.44. The van der Waals surface area contributed by atoms with Crippen LogP contribution in [0.4, 0.5) is 0 Å². The molecule has 6 nitrogen and oxygen atoms in total. The Morgan fingerprint density at radius 1 is 1.28 bits per heavy atom. The number of aromatic hydroxyl groups is 2. The first kappa shape index (κ1) is 18.6. The van der Waals surface area contributed by atoms with Crippen molar-refractivity contribution in [3.63, 3.8) is 0 Å². The van der Waals surface area contributed by atoms with E-state index in [1.165, 1.54) is 0 Å². The highest BCUT2D eigenvalue weighted by atomic mass is 16.5. The van der Waals surface area contributed by atoms with Crippen molar-refractivity contribution in [2.24, 2.45) is 0 Å². The summed E-state index contributed by atoms with van der Waals surface area (Å²) in [7, 11) is 0. The van der Waals surface area contributed by atoms with Crippen LogP contribution in [0.5, 0.6) is 17.2 Å². The van der Waals surface area contributed by atoms with Crippen molar-refractivity contribution >= 4 is 17.8 Å². The van der Waals surface area contributed by atoms with Crippen LogP contribution in [0.15, 0.2) is 18.7 Å². The van der Waals surface area contributed by atoms with Crippen LogP contribution in [0.1, 0.15) is 55.6 Å². The number of aliphatic carboxylic acids is 1. The predicted molar refractivity (Wildman–Crippen MR) is 93.3 cm³/mol. The van der Waals surface area contributed by atoms with E-state index < -0.39 is 22.7 Å². The minimum Gasteiger partial charge on any atom is -0.507 e. The maximum atomic E-state index is 12.6. The fourth-order valence-corrected chi connectivity index (χ4v) is 2.88. The molecule has 1 aliphatic rings. The lowest BCUT2D eigenvalue weighted by Crippen LogP contribution is -2.37. The van der Waals surface area contributed by atoms with Crippen LogP contribution in [0, 0.1) is 0 Å². The second-order valence-electron chi connectivity index (χ2n) is 7.25. The number of benzene rings is 1. The van der Waals surface area contributed by atoms with Crippen molar-refractivity contribution in [2.75, 3.05) is 0 Å². The number of carboxylic acids is 1. The van der Waals surface area contributed by atoms with E-state index in [2.05, 4.69) is 6.58 Å². The Labute approximate surface area is 146 Å². The number of allylic oxidation sites excluding steroid dienone is 1. The third-order valence-electron chi connectivity index (χ3n) is 4.23. The molecule has 0 aromatic heterocycles. The molecule has 0 saturated heterocycles. The van der Waals surface area contributed by atoms with E-state index in [0.717, 1.165) is 12.2 Å². The van der Waals surface area contributed by atoms with Crippen LogP contribution in [0.2, 0.25) is 0 Å². The molecule has 0 fully saturated rings. The van der Waals surface area contributed by atoms with Gasteiger partial charge in [-0.2, -0.15) is 0 Å². The number of phenolic OH excluding ortho intramolecular Hbond substituents is 2. The summed E-state index contributed by atoms with van der Waals surface area (Å²) in [4.78, 5) is 23.4. The van der Waals surface area contributed by atoms with Crippen molar-refractivity contribution in [1.29, 1.82) is 0 Å². The molecule has 0 radical (unpaired) electrons. The van der Waals surface area contributed by atoms with E-state index in [-0.39, 0.29) is 40.4 Å². The van der Waals surface area contributed by atoms with Gasteiger partial charge in [0.2, 0.25) is 0 Å². The van der Waals surface area contributed by atoms with E-state index in [1.54, 1.807) is 33.8 Å². The molecule has 2 rings (SSSR count). The summed E-state index contributed by atoms with van der Waals surface area (Å²) < 4.78 is 5.92. The van der Waals surface area contributed by atoms with Gasteiger partial charge in [0.05, 0.1) is 12.0 Å². The lowest BCUT2D eigenvalue weighted by atomic mass is 9.78. The van der Waals surface area contributed by atoms with Gasteiger partial charge in [-0.3, -0.25) is 4.79 Å². The number of ketones is 1. The Hall–Kier alpha value is -2.76. The maximum absolute atomic E-state index is 12.6. The molecule has 1 aromatic carbocycles. The smallest absolute Gasteiger partial charge is 0.328 e. The fraction of sp³-hybridized carbons (Fsp3) is 0.368. The number of phenols is 2. The van der Waals surface area contributed by atoms with Gasteiger partial charge >= 0.3 is 5.97 Å². The van der Waals surface area contributed by atoms with Gasteiger partial charge in [-0.15, -0.1) is 6.58 Å². The number of Topliss-reactive ketones (excluding diaryl/α,β-unsaturated/α-hetero) is 1. The summed E-state index contributed by atoms with van der Waals surface area (Å²) in [6, 6.07) is 0. The molecule has 6 heteroatoms. The molecule has 0 spiro atoms. The normalized spacial score (nSPS) is 16.4. The Morgan fingerprint density at radius 2 is 1.88 bits per heavy atom. The largest absolute Gasteiger partial charge is 0.507 e. The van der Waals surface area contributed by atoms with Gasteiger partial charge in [0.25, 0.3) is 0 Å². The second-order valence-corrected chi connectivity index (χ2v) is 7.25. The number of fused-ring (bicyclic) bond motifs is 1. The van der Waals surface area contributed by atoms with E-state index >= 15 is 0 Å². The van der Waals surface area contributed by atoms with Crippen molar-refractivity contribution in [3.8, 4) is 17.2 Å². The minimum atomic E-state index is -1.25. The van der Waals surface area contributed by atoms with Crippen molar-refractivity contribution < 1.29 is 29.6 Å². The first-order valence-corrected chi connectivity index (χ1v) is 7.80. The molecule has 134 valence electrons. The molecule has 0 amide bonds. The number of ether oxygens (including phenoxy) is 1. The number of carbonyl (C=O) groups is 2. The number of rotatable bonds is 4. The molecular formula is C19H22O6. The maximum Gasteiger partial charge on any atom is 0.328 e. The SMILES string of the molecule is C=CC(C)(C)c1c(O)c(/C=C/C(=O)O)c(O)c2c1OC(C)(C)CC2=O. The Bertz CT molecular complexity index is 799. The minimum absolute atomic E-state index is 0.0490. The average molecular weight is 346 g/mol. The van der Waals surface area contributed by atoms with Crippen molar-refractivity contribution in [3.05, 3.63) is 35.4 Å². The summed E-state index contributed by atoms with van der Waals surface area (Å²) in [6.07, 6.45) is 3.47. The molecule has 0 atom stereocenters. The van der Waals surface area contributed by atoms with Gasteiger partial charge in [0.15, 0.2) is 5.78 Å². The topological polar surface area (TPSA) is 104 Å². The lowest BCUT2D eigenvalue weighted by Gasteiger charge is -2.36. The Balaban J connectivity index is 2.93. The summed E-state index contributed by atoms with van der Waals surface area (Å²) in [6.45, 7) is 10.8. The van der Waals surface area contributed by atoms with Crippen LogP contribution in [-0.2, 0) is 10.2 Å². The molecule has 1 heterocycles. The number of hydrogen-bond donors (Lipinski definition) is 3. The van der Waals surface area contributed by atoms with E-state index in [4.69, 9.17) is 9.84 Å².